The lowest BCUT2D eigenvalue weighted by Gasteiger charge is -2.28. The summed E-state index contributed by atoms with van der Waals surface area (Å²) < 4.78 is 10.6. The molecule has 0 bridgehead atoms. The number of amides is 1. The Hall–Kier alpha value is -3.06. The van der Waals surface area contributed by atoms with Crippen LogP contribution in [0.3, 0.4) is 0 Å². The second-order valence-corrected chi connectivity index (χ2v) is 7.30. The van der Waals surface area contributed by atoms with Crippen molar-refractivity contribution >= 4 is 11.7 Å². The fourth-order valence-corrected chi connectivity index (χ4v) is 4.07. The first-order valence-corrected chi connectivity index (χ1v) is 9.78. The van der Waals surface area contributed by atoms with Crippen molar-refractivity contribution in [1.82, 2.24) is 9.80 Å². The molecule has 0 radical (unpaired) electrons. The molecule has 1 unspecified atom stereocenters. The van der Waals surface area contributed by atoms with Crippen molar-refractivity contribution in [2.45, 2.75) is 18.9 Å². The van der Waals surface area contributed by atoms with Gasteiger partial charge in [-0.3, -0.25) is 9.59 Å². The van der Waals surface area contributed by atoms with Crippen molar-refractivity contribution in [3.63, 3.8) is 0 Å². The number of hydrogen-bond acceptors (Lipinski definition) is 6. The van der Waals surface area contributed by atoms with Gasteiger partial charge < -0.3 is 24.1 Å². The van der Waals surface area contributed by atoms with E-state index in [1.54, 1.807) is 30.2 Å². The summed E-state index contributed by atoms with van der Waals surface area (Å²) in [5.74, 6) is -0.829. The molecule has 1 aromatic heterocycles. The Kier molecular flexibility index (Phi) is 5.40. The molecule has 7 heteroatoms. The Balaban J connectivity index is 1.70. The molecule has 1 aromatic carbocycles. The number of aliphatic hydroxyl groups is 1. The predicted octanol–water partition coefficient (Wildman–Crippen LogP) is 2.96. The maximum absolute atomic E-state index is 13.1. The molecule has 0 spiro atoms. The molecule has 7 nitrogen and oxygen atoms in total. The van der Waals surface area contributed by atoms with Gasteiger partial charge in [-0.05, 0) is 55.8 Å². The highest BCUT2D eigenvalue weighted by Gasteiger charge is 2.44. The quantitative estimate of drug-likeness (QED) is 0.725. The number of carbonyl (C=O) groups is 2. The normalized spacial score (nSPS) is 20.0. The summed E-state index contributed by atoms with van der Waals surface area (Å²) in [5, 5.41) is 10.6. The smallest absolute Gasteiger partial charge is 0.290 e. The lowest BCUT2D eigenvalue weighted by molar-refractivity contribution is -0.129. The van der Waals surface area contributed by atoms with Crippen LogP contribution in [0, 0.1) is 0 Å². The molecule has 2 aliphatic heterocycles. The van der Waals surface area contributed by atoms with E-state index >= 15 is 0 Å². The van der Waals surface area contributed by atoms with E-state index in [1.807, 2.05) is 12.1 Å². The van der Waals surface area contributed by atoms with Gasteiger partial charge in [-0.2, -0.15) is 0 Å². The molecule has 2 aromatic rings. The molecule has 1 atom stereocenters. The van der Waals surface area contributed by atoms with Crippen LogP contribution >= 0.6 is 0 Å². The van der Waals surface area contributed by atoms with Crippen LogP contribution in [-0.2, 0) is 4.79 Å². The molecule has 1 amide bonds. The van der Waals surface area contributed by atoms with Crippen LogP contribution in [0.2, 0.25) is 0 Å². The Morgan fingerprint density at radius 3 is 2.69 bits per heavy atom. The van der Waals surface area contributed by atoms with Crippen LogP contribution in [0.15, 0.2) is 58.4 Å². The molecule has 4 rings (SSSR count). The average Bonchev–Trinajstić information content (AvgIpc) is 3.49. The third-order valence-electron chi connectivity index (χ3n) is 5.56. The van der Waals surface area contributed by atoms with E-state index in [0.29, 0.717) is 24.4 Å². The number of ether oxygens (including phenoxy) is 1. The van der Waals surface area contributed by atoms with E-state index in [9.17, 15) is 14.7 Å². The summed E-state index contributed by atoms with van der Waals surface area (Å²) in [5.41, 5.74) is 0.748. The number of nitrogens with zero attached hydrogens (tertiary/aromatic N) is 2. The molecule has 0 saturated carbocycles. The number of Topliss-reactive ketones (excluding diaryl/α,β-unsaturated/α-hetero) is 1. The van der Waals surface area contributed by atoms with Gasteiger partial charge in [-0.25, -0.2) is 0 Å². The Bertz CT molecular complexity index is 928. The SMILES string of the molecule is COc1cccc(C2C(C(=O)c3ccco3)=C(O)C(=O)N2CCN2CCCC2)c1. The minimum Gasteiger partial charge on any atom is -0.503 e. The third-order valence-corrected chi connectivity index (χ3v) is 5.56. The van der Waals surface area contributed by atoms with E-state index in [4.69, 9.17) is 9.15 Å². The zero-order valence-electron chi connectivity index (χ0n) is 16.3. The van der Waals surface area contributed by atoms with E-state index in [0.717, 1.165) is 25.9 Å². The number of methoxy groups -OCH3 is 1. The van der Waals surface area contributed by atoms with Crippen molar-refractivity contribution in [3.8, 4) is 5.75 Å². The van der Waals surface area contributed by atoms with Crippen LogP contribution in [0.25, 0.3) is 0 Å². The van der Waals surface area contributed by atoms with E-state index < -0.39 is 23.5 Å². The van der Waals surface area contributed by atoms with E-state index in [1.165, 1.54) is 12.3 Å². The highest BCUT2D eigenvalue weighted by Crippen LogP contribution is 2.39. The van der Waals surface area contributed by atoms with Crippen molar-refractivity contribution in [2.24, 2.45) is 0 Å². The number of hydrogen-bond donors (Lipinski definition) is 1. The number of furan rings is 1. The summed E-state index contributed by atoms with van der Waals surface area (Å²) >= 11 is 0. The molecule has 1 fully saturated rings. The zero-order chi connectivity index (χ0) is 20.4. The van der Waals surface area contributed by atoms with Gasteiger partial charge in [0.15, 0.2) is 11.5 Å². The minimum absolute atomic E-state index is 0.0413. The first-order valence-electron chi connectivity index (χ1n) is 9.78. The number of rotatable bonds is 7. The fourth-order valence-electron chi connectivity index (χ4n) is 4.07. The van der Waals surface area contributed by atoms with Crippen LogP contribution in [-0.4, -0.2) is 59.9 Å². The number of ketones is 1. The van der Waals surface area contributed by atoms with Gasteiger partial charge in [0.25, 0.3) is 5.91 Å². The second kappa shape index (κ2) is 8.13. The van der Waals surface area contributed by atoms with Crippen molar-refractivity contribution < 1.29 is 23.8 Å². The number of benzene rings is 1. The molecule has 3 heterocycles. The first-order chi connectivity index (χ1) is 14.1. The lowest BCUT2D eigenvalue weighted by atomic mass is 9.95. The number of likely N-dealkylation sites (tertiary alicyclic amines) is 1. The van der Waals surface area contributed by atoms with Gasteiger partial charge in [0.1, 0.15) is 5.75 Å². The summed E-state index contributed by atoms with van der Waals surface area (Å²) in [4.78, 5) is 29.9. The van der Waals surface area contributed by atoms with Gasteiger partial charge in [0, 0.05) is 13.1 Å². The Labute approximate surface area is 169 Å². The Morgan fingerprint density at radius 2 is 2.00 bits per heavy atom. The summed E-state index contributed by atoms with van der Waals surface area (Å²) in [6, 6.07) is 9.66. The maximum atomic E-state index is 13.1. The number of aliphatic hydroxyl groups excluding tert-OH is 1. The van der Waals surface area contributed by atoms with Gasteiger partial charge in [-0.1, -0.05) is 12.1 Å². The number of carbonyl (C=O) groups excluding carboxylic acids is 2. The van der Waals surface area contributed by atoms with Gasteiger partial charge >= 0.3 is 0 Å². The van der Waals surface area contributed by atoms with E-state index in [-0.39, 0.29) is 11.3 Å². The molecular formula is C22H24N2O5. The van der Waals surface area contributed by atoms with Crippen LogP contribution in [0.1, 0.15) is 35.0 Å². The summed E-state index contributed by atoms with van der Waals surface area (Å²) in [7, 11) is 1.56. The standard InChI is InChI=1S/C22H24N2O5/c1-28-16-7-4-6-15(14-16)19-18(20(25)17-8-5-13-29-17)21(26)22(27)24(19)12-11-23-9-2-3-10-23/h4-8,13-14,19,26H,2-3,9-12H2,1H3. The van der Waals surface area contributed by atoms with Gasteiger partial charge in [0.2, 0.25) is 5.78 Å². The fraction of sp³-hybridized carbons (Fsp3) is 0.364. The average molecular weight is 396 g/mol. The minimum atomic E-state index is -0.696. The second-order valence-electron chi connectivity index (χ2n) is 7.30. The topological polar surface area (TPSA) is 83.2 Å². The largest absolute Gasteiger partial charge is 0.503 e. The van der Waals surface area contributed by atoms with Gasteiger partial charge in [-0.15, -0.1) is 0 Å². The van der Waals surface area contributed by atoms with Crippen molar-refractivity contribution in [1.29, 1.82) is 0 Å². The molecule has 152 valence electrons. The summed E-state index contributed by atoms with van der Waals surface area (Å²) in [6.07, 6.45) is 3.70. The van der Waals surface area contributed by atoms with Gasteiger partial charge in [0.05, 0.1) is 25.0 Å². The van der Waals surface area contributed by atoms with Crippen molar-refractivity contribution in [2.75, 3.05) is 33.3 Å². The third kappa shape index (κ3) is 3.65. The first kappa shape index (κ1) is 19.3. The monoisotopic (exact) mass is 396 g/mol. The molecule has 0 aliphatic carbocycles. The molecular weight excluding hydrogens is 372 g/mol. The molecule has 29 heavy (non-hydrogen) atoms. The zero-order valence-corrected chi connectivity index (χ0v) is 16.3. The van der Waals surface area contributed by atoms with Crippen LogP contribution < -0.4 is 4.74 Å². The molecule has 1 N–H and O–H groups in total. The van der Waals surface area contributed by atoms with Crippen molar-refractivity contribution in [3.05, 3.63) is 65.3 Å². The molecule has 2 aliphatic rings. The predicted molar refractivity (Wildman–Crippen MR) is 106 cm³/mol. The van der Waals surface area contributed by atoms with Crippen LogP contribution in [0.5, 0.6) is 5.75 Å². The molecule has 1 saturated heterocycles. The maximum Gasteiger partial charge on any atom is 0.290 e. The highest BCUT2D eigenvalue weighted by molar-refractivity contribution is 6.15. The Morgan fingerprint density at radius 1 is 1.21 bits per heavy atom. The summed E-state index contributed by atoms with van der Waals surface area (Å²) in [6.45, 7) is 3.12. The lowest BCUT2D eigenvalue weighted by Crippen LogP contribution is -2.37. The van der Waals surface area contributed by atoms with E-state index in [2.05, 4.69) is 4.90 Å². The highest BCUT2D eigenvalue weighted by atomic mass is 16.5. The van der Waals surface area contributed by atoms with Crippen LogP contribution in [0.4, 0.5) is 0 Å².